The number of hydrogen-bond acceptors (Lipinski definition) is 2. The Labute approximate surface area is 161 Å². The van der Waals surface area contributed by atoms with Crippen molar-refractivity contribution in [2.75, 3.05) is 26.2 Å². The van der Waals surface area contributed by atoms with Crippen molar-refractivity contribution < 1.29 is 4.79 Å². The van der Waals surface area contributed by atoms with Gasteiger partial charge in [0.2, 0.25) is 0 Å². The Balaban J connectivity index is 1.50. The van der Waals surface area contributed by atoms with Crippen molar-refractivity contribution in [3.05, 3.63) is 70.7 Å². The van der Waals surface area contributed by atoms with Gasteiger partial charge in [-0.1, -0.05) is 41.9 Å². The molecule has 1 saturated heterocycles. The smallest absolute Gasteiger partial charge is 0.253 e. The average Bonchev–Trinajstić information content (AvgIpc) is 2.68. The van der Waals surface area contributed by atoms with Crippen LogP contribution in [0.25, 0.3) is 0 Å². The van der Waals surface area contributed by atoms with Crippen LogP contribution in [0.2, 0.25) is 5.02 Å². The molecule has 0 saturated carbocycles. The second-order valence-electron chi connectivity index (χ2n) is 7.06. The summed E-state index contributed by atoms with van der Waals surface area (Å²) in [7, 11) is 0. The number of rotatable bonds is 6. The van der Waals surface area contributed by atoms with Crippen molar-refractivity contribution in [1.29, 1.82) is 0 Å². The number of nitrogens with zero attached hydrogens (tertiary/aromatic N) is 2. The van der Waals surface area contributed by atoms with Crippen LogP contribution < -0.4 is 0 Å². The van der Waals surface area contributed by atoms with Crippen LogP contribution in [-0.4, -0.2) is 41.9 Å². The highest BCUT2D eigenvalue weighted by Gasteiger charge is 2.23. The Morgan fingerprint density at radius 1 is 1.08 bits per heavy atom. The molecule has 0 radical (unpaired) electrons. The predicted octanol–water partition coefficient (Wildman–Crippen LogP) is 4.71. The topological polar surface area (TPSA) is 23.6 Å². The van der Waals surface area contributed by atoms with Crippen molar-refractivity contribution in [2.24, 2.45) is 5.92 Å². The second-order valence-corrected chi connectivity index (χ2v) is 7.49. The number of carbonyl (C=O) groups excluding carboxylic acids is 1. The molecule has 0 bridgehead atoms. The summed E-state index contributed by atoms with van der Waals surface area (Å²) in [5, 5.41) is 0.662. The monoisotopic (exact) mass is 370 g/mol. The molecule has 26 heavy (non-hydrogen) atoms. The zero-order valence-electron chi connectivity index (χ0n) is 15.4. The van der Waals surface area contributed by atoms with E-state index in [-0.39, 0.29) is 5.91 Å². The average molecular weight is 371 g/mol. The minimum absolute atomic E-state index is 0.107. The van der Waals surface area contributed by atoms with E-state index >= 15 is 0 Å². The zero-order chi connectivity index (χ0) is 18.4. The number of piperidine rings is 1. The van der Waals surface area contributed by atoms with E-state index in [1.54, 1.807) is 12.1 Å². The fourth-order valence-corrected chi connectivity index (χ4v) is 3.74. The van der Waals surface area contributed by atoms with E-state index in [1.807, 2.05) is 17.0 Å². The molecule has 2 aromatic rings. The van der Waals surface area contributed by atoms with Gasteiger partial charge >= 0.3 is 0 Å². The maximum absolute atomic E-state index is 12.7. The quantitative estimate of drug-likeness (QED) is 0.734. The second kappa shape index (κ2) is 9.20. The number of halogens is 1. The molecule has 1 aliphatic rings. The Hall–Kier alpha value is -1.84. The van der Waals surface area contributed by atoms with Gasteiger partial charge in [-0.2, -0.15) is 0 Å². The number of carbonyl (C=O) groups is 1. The Morgan fingerprint density at radius 2 is 1.73 bits per heavy atom. The fraction of sp³-hybridized carbons (Fsp3) is 0.409. The highest BCUT2D eigenvalue weighted by atomic mass is 35.5. The van der Waals surface area contributed by atoms with Crippen molar-refractivity contribution >= 4 is 17.5 Å². The maximum atomic E-state index is 12.7. The summed E-state index contributed by atoms with van der Waals surface area (Å²) in [4.78, 5) is 17.2. The van der Waals surface area contributed by atoms with Crippen molar-refractivity contribution in [1.82, 2.24) is 9.80 Å². The van der Waals surface area contributed by atoms with Crippen LogP contribution in [0.5, 0.6) is 0 Å². The molecule has 0 unspecified atom stereocenters. The molecule has 0 atom stereocenters. The molecule has 4 heteroatoms. The molecule has 2 aromatic carbocycles. The van der Waals surface area contributed by atoms with Crippen LogP contribution in [0.1, 0.15) is 35.7 Å². The van der Waals surface area contributed by atoms with Gasteiger partial charge in [0.1, 0.15) is 0 Å². The molecular formula is C22H27ClN2O. The normalized spacial score (nSPS) is 15.8. The summed E-state index contributed by atoms with van der Waals surface area (Å²) in [6.45, 7) is 6.87. The van der Waals surface area contributed by atoms with Crippen LogP contribution >= 0.6 is 11.6 Å². The number of benzene rings is 2. The van der Waals surface area contributed by atoms with Gasteiger partial charge < -0.3 is 4.90 Å². The van der Waals surface area contributed by atoms with Crippen LogP contribution in [0.4, 0.5) is 0 Å². The lowest BCUT2D eigenvalue weighted by Gasteiger charge is -2.34. The van der Waals surface area contributed by atoms with E-state index in [1.165, 1.54) is 5.56 Å². The van der Waals surface area contributed by atoms with Gasteiger partial charge in [-0.25, -0.2) is 0 Å². The van der Waals surface area contributed by atoms with Gasteiger partial charge in [0.25, 0.3) is 5.91 Å². The molecular weight excluding hydrogens is 344 g/mol. The minimum Gasteiger partial charge on any atom is -0.339 e. The lowest BCUT2D eigenvalue weighted by molar-refractivity contribution is 0.0698. The Morgan fingerprint density at radius 3 is 2.35 bits per heavy atom. The Kier molecular flexibility index (Phi) is 6.70. The molecule has 0 spiro atoms. The molecule has 138 valence electrons. The van der Waals surface area contributed by atoms with E-state index in [4.69, 9.17) is 11.6 Å². The van der Waals surface area contributed by atoms with E-state index < -0.39 is 0 Å². The summed E-state index contributed by atoms with van der Waals surface area (Å²) >= 11 is 5.93. The number of amides is 1. The van der Waals surface area contributed by atoms with Crippen LogP contribution in [0, 0.1) is 5.92 Å². The summed E-state index contributed by atoms with van der Waals surface area (Å²) in [6.07, 6.45) is 2.30. The first-order chi connectivity index (χ1) is 12.7. The lowest BCUT2D eigenvalue weighted by atomic mass is 9.95. The third kappa shape index (κ3) is 5.09. The van der Waals surface area contributed by atoms with Gasteiger partial charge in [0.15, 0.2) is 0 Å². The minimum atomic E-state index is 0.107. The van der Waals surface area contributed by atoms with Gasteiger partial charge in [0, 0.05) is 30.2 Å². The van der Waals surface area contributed by atoms with Crippen LogP contribution in [0.15, 0.2) is 54.6 Å². The van der Waals surface area contributed by atoms with E-state index in [9.17, 15) is 4.79 Å². The molecule has 3 rings (SSSR count). The van der Waals surface area contributed by atoms with Gasteiger partial charge in [-0.05, 0) is 68.6 Å². The third-order valence-electron chi connectivity index (χ3n) is 5.19. The third-order valence-corrected chi connectivity index (χ3v) is 5.45. The summed E-state index contributed by atoms with van der Waals surface area (Å²) < 4.78 is 0. The predicted molar refractivity (Wildman–Crippen MR) is 107 cm³/mol. The summed E-state index contributed by atoms with van der Waals surface area (Å²) in [6, 6.07) is 17.8. The molecule has 1 amide bonds. The molecule has 0 aromatic heterocycles. The molecule has 3 nitrogen and oxygen atoms in total. The van der Waals surface area contributed by atoms with Gasteiger partial charge in [-0.15, -0.1) is 0 Å². The van der Waals surface area contributed by atoms with Crippen molar-refractivity contribution in [3.8, 4) is 0 Å². The van der Waals surface area contributed by atoms with Gasteiger partial charge in [-0.3, -0.25) is 9.69 Å². The first-order valence-corrected chi connectivity index (χ1v) is 9.84. The molecule has 0 N–H and O–H groups in total. The van der Waals surface area contributed by atoms with Crippen molar-refractivity contribution in [3.63, 3.8) is 0 Å². The maximum Gasteiger partial charge on any atom is 0.253 e. The fourth-order valence-electron chi connectivity index (χ4n) is 3.61. The Bertz CT molecular complexity index is 694. The highest BCUT2D eigenvalue weighted by Crippen LogP contribution is 2.21. The molecule has 1 aliphatic heterocycles. The summed E-state index contributed by atoms with van der Waals surface area (Å²) in [5.41, 5.74) is 2.09. The molecule has 0 aliphatic carbocycles. The number of hydrogen-bond donors (Lipinski definition) is 0. The van der Waals surface area contributed by atoms with Crippen LogP contribution in [-0.2, 0) is 6.54 Å². The van der Waals surface area contributed by atoms with Gasteiger partial charge in [0.05, 0.1) is 0 Å². The molecule has 1 fully saturated rings. The number of likely N-dealkylation sites (tertiary alicyclic amines) is 1. The summed E-state index contributed by atoms with van der Waals surface area (Å²) in [5.74, 6) is 0.689. The van der Waals surface area contributed by atoms with E-state index in [0.717, 1.165) is 51.1 Å². The van der Waals surface area contributed by atoms with Crippen molar-refractivity contribution in [2.45, 2.75) is 26.3 Å². The van der Waals surface area contributed by atoms with E-state index in [0.29, 0.717) is 10.9 Å². The SMILES string of the molecule is CCN(CC1CCN(Cc2ccccc2)CC1)C(=O)c1ccc(Cl)cc1. The zero-order valence-corrected chi connectivity index (χ0v) is 16.2. The highest BCUT2D eigenvalue weighted by molar-refractivity contribution is 6.30. The lowest BCUT2D eigenvalue weighted by Crippen LogP contribution is -2.40. The molecule has 1 heterocycles. The van der Waals surface area contributed by atoms with Crippen LogP contribution in [0.3, 0.4) is 0 Å². The first-order valence-electron chi connectivity index (χ1n) is 9.47. The standard InChI is InChI=1S/C22H27ClN2O/c1-2-25(22(26)20-8-10-21(23)11-9-20)17-19-12-14-24(15-13-19)16-18-6-4-3-5-7-18/h3-11,19H,2,12-17H2,1H3. The van der Waals surface area contributed by atoms with E-state index in [2.05, 4.69) is 42.2 Å². The first kappa shape index (κ1) is 18.9. The largest absolute Gasteiger partial charge is 0.339 e.